The van der Waals surface area contributed by atoms with Crippen LogP contribution in [0.3, 0.4) is 0 Å². The highest BCUT2D eigenvalue weighted by Gasteiger charge is 2.29. The molecule has 0 bridgehead atoms. The molecule has 0 radical (unpaired) electrons. The molecule has 0 aliphatic carbocycles. The second-order valence-electron chi connectivity index (χ2n) is 7.90. The van der Waals surface area contributed by atoms with Gasteiger partial charge in [0.1, 0.15) is 6.04 Å². The molecule has 0 saturated carbocycles. The van der Waals surface area contributed by atoms with E-state index in [1.165, 1.54) is 0 Å². The number of para-hydroxylation sites is 1. The van der Waals surface area contributed by atoms with Crippen molar-refractivity contribution in [1.82, 2.24) is 4.72 Å². The molecule has 1 atom stereocenters. The Kier molecular flexibility index (Phi) is 7.57. The molecule has 8 nitrogen and oxygen atoms in total. The van der Waals surface area contributed by atoms with Crippen LogP contribution in [0.5, 0.6) is 0 Å². The second-order valence-corrected chi connectivity index (χ2v) is 9.62. The average Bonchev–Trinajstić information content (AvgIpc) is 2.79. The fourth-order valence-electron chi connectivity index (χ4n) is 3.30. The summed E-state index contributed by atoms with van der Waals surface area (Å²) in [5.41, 5.74) is 2.37. The first kappa shape index (κ1) is 24.1. The largest absolute Gasteiger partial charge is 0.324 e. The van der Waals surface area contributed by atoms with Gasteiger partial charge in [-0.15, -0.1) is 0 Å². The summed E-state index contributed by atoms with van der Waals surface area (Å²) < 4.78 is 28.1. The minimum atomic E-state index is -4.08. The van der Waals surface area contributed by atoms with Gasteiger partial charge in [0, 0.05) is 17.8 Å². The van der Waals surface area contributed by atoms with Gasteiger partial charge in [0.15, 0.2) is 0 Å². The molecule has 9 heteroatoms. The molecule has 0 heterocycles. The van der Waals surface area contributed by atoms with Crippen LogP contribution >= 0.6 is 0 Å². The van der Waals surface area contributed by atoms with Crippen molar-refractivity contribution in [3.63, 3.8) is 0 Å². The maximum Gasteiger partial charge on any atom is 0.269 e. The van der Waals surface area contributed by atoms with Crippen molar-refractivity contribution >= 4 is 27.3 Å². The summed E-state index contributed by atoms with van der Waals surface area (Å²) in [5.74, 6) is -0.838. The van der Waals surface area contributed by atoms with E-state index in [0.717, 1.165) is 35.4 Å². The number of non-ortho nitro benzene ring substituents is 1. The zero-order valence-electron chi connectivity index (χ0n) is 18.3. The van der Waals surface area contributed by atoms with E-state index in [-0.39, 0.29) is 16.5 Å². The zero-order valence-corrected chi connectivity index (χ0v) is 19.1. The highest BCUT2D eigenvalue weighted by Crippen LogP contribution is 2.21. The molecule has 0 saturated heterocycles. The van der Waals surface area contributed by atoms with Crippen LogP contribution in [-0.4, -0.2) is 25.3 Å². The summed E-state index contributed by atoms with van der Waals surface area (Å²) in [6.45, 7) is 3.47. The van der Waals surface area contributed by atoms with Crippen LogP contribution in [0.15, 0.2) is 83.8 Å². The van der Waals surface area contributed by atoms with Gasteiger partial charge in [-0.2, -0.15) is 4.72 Å². The minimum Gasteiger partial charge on any atom is -0.324 e. The number of amides is 1. The Morgan fingerprint density at radius 3 is 2.15 bits per heavy atom. The second kappa shape index (κ2) is 10.4. The Hall–Kier alpha value is -3.56. The van der Waals surface area contributed by atoms with Gasteiger partial charge in [0.2, 0.25) is 15.9 Å². The monoisotopic (exact) mass is 467 g/mol. The predicted molar refractivity (Wildman–Crippen MR) is 126 cm³/mol. The van der Waals surface area contributed by atoms with E-state index in [1.807, 2.05) is 42.5 Å². The number of hydrogen-bond donors (Lipinski definition) is 2. The van der Waals surface area contributed by atoms with Gasteiger partial charge >= 0.3 is 0 Å². The summed E-state index contributed by atoms with van der Waals surface area (Å²) in [6.07, 6.45) is 0.609. The zero-order chi connectivity index (χ0) is 24.0. The molecule has 3 aromatic carbocycles. The summed E-state index contributed by atoms with van der Waals surface area (Å²) in [5, 5.41) is 13.7. The van der Waals surface area contributed by atoms with Gasteiger partial charge in [0.25, 0.3) is 5.69 Å². The molecular formula is C24H25N3O5S. The number of nitrogens with one attached hydrogen (secondary N) is 2. The Balaban J connectivity index is 1.79. The first-order valence-electron chi connectivity index (χ1n) is 10.4. The van der Waals surface area contributed by atoms with Gasteiger partial charge in [-0.1, -0.05) is 62.4 Å². The van der Waals surface area contributed by atoms with E-state index in [2.05, 4.69) is 10.0 Å². The minimum absolute atomic E-state index is 0.156. The summed E-state index contributed by atoms with van der Waals surface area (Å²) in [4.78, 5) is 23.1. The molecule has 1 unspecified atom stereocenters. The molecule has 0 fully saturated rings. The molecule has 172 valence electrons. The van der Waals surface area contributed by atoms with Crippen LogP contribution in [0.4, 0.5) is 11.4 Å². The van der Waals surface area contributed by atoms with Gasteiger partial charge in [-0.3, -0.25) is 14.9 Å². The van der Waals surface area contributed by atoms with E-state index >= 15 is 0 Å². The predicted octanol–water partition coefficient (Wildman–Crippen LogP) is 4.13. The number of carbonyl (C=O) groups is 1. The number of rotatable bonds is 9. The Morgan fingerprint density at radius 2 is 1.55 bits per heavy atom. The lowest BCUT2D eigenvalue weighted by Crippen LogP contribution is -2.47. The van der Waals surface area contributed by atoms with E-state index < -0.39 is 26.9 Å². The SMILES string of the molecule is CC(C)C(NS(=O)(=O)c1ccc([N+](=O)[O-])cc1)C(=O)Nc1ccccc1Cc1ccccc1. The molecule has 0 aliphatic rings. The molecule has 0 spiro atoms. The summed E-state index contributed by atoms with van der Waals surface area (Å²) >= 11 is 0. The Bertz CT molecular complexity index is 1230. The molecule has 0 aliphatic heterocycles. The third-order valence-electron chi connectivity index (χ3n) is 5.10. The lowest BCUT2D eigenvalue weighted by Gasteiger charge is -2.22. The first-order chi connectivity index (χ1) is 15.7. The normalized spacial score (nSPS) is 12.3. The number of hydrogen-bond acceptors (Lipinski definition) is 5. The van der Waals surface area contributed by atoms with Crippen molar-refractivity contribution in [3.05, 3.63) is 100 Å². The molecule has 1 amide bonds. The molecule has 33 heavy (non-hydrogen) atoms. The molecule has 2 N–H and O–H groups in total. The number of nitro groups is 1. The van der Waals surface area contributed by atoms with Crippen molar-refractivity contribution < 1.29 is 18.1 Å². The smallest absolute Gasteiger partial charge is 0.269 e. The highest BCUT2D eigenvalue weighted by molar-refractivity contribution is 7.89. The number of carbonyl (C=O) groups excluding carboxylic acids is 1. The van der Waals surface area contributed by atoms with E-state index in [0.29, 0.717) is 12.1 Å². The number of sulfonamides is 1. The third-order valence-corrected chi connectivity index (χ3v) is 6.56. The van der Waals surface area contributed by atoms with Crippen LogP contribution in [-0.2, 0) is 21.2 Å². The van der Waals surface area contributed by atoms with Gasteiger partial charge in [-0.25, -0.2) is 8.42 Å². The number of nitrogens with zero attached hydrogens (tertiary/aromatic N) is 1. The van der Waals surface area contributed by atoms with Gasteiger partial charge in [-0.05, 0) is 41.7 Å². The van der Waals surface area contributed by atoms with E-state index in [1.54, 1.807) is 26.0 Å². The van der Waals surface area contributed by atoms with Crippen LogP contribution in [0, 0.1) is 16.0 Å². The lowest BCUT2D eigenvalue weighted by molar-refractivity contribution is -0.384. The lowest BCUT2D eigenvalue weighted by atomic mass is 10.0. The van der Waals surface area contributed by atoms with Crippen molar-refractivity contribution in [3.8, 4) is 0 Å². The fraction of sp³-hybridized carbons (Fsp3) is 0.208. The van der Waals surface area contributed by atoms with Crippen LogP contribution in [0.25, 0.3) is 0 Å². The average molecular weight is 468 g/mol. The maximum absolute atomic E-state index is 13.1. The van der Waals surface area contributed by atoms with Crippen molar-refractivity contribution in [1.29, 1.82) is 0 Å². The number of nitro benzene ring substituents is 1. The van der Waals surface area contributed by atoms with E-state index in [9.17, 15) is 23.3 Å². The quantitative estimate of drug-likeness (QED) is 0.362. The van der Waals surface area contributed by atoms with Crippen molar-refractivity contribution in [2.24, 2.45) is 5.92 Å². The third kappa shape index (κ3) is 6.24. The Labute approximate surface area is 192 Å². The molecule has 3 aromatic rings. The maximum atomic E-state index is 13.1. The molecule has 0 aromatic heterocycles. The van der Waals surface area contributed by atoms with Crippen molar-refractivity contribution in [2.45, 2.75) is 31.2 Å². The van der Waals surface area contributed by atoms with Crippen LogP contribution < -0.4 is 10.0 Å². The van der Waals surface area contributed by atoms with Gasteiger partial charge < -0.3 is 5.32 Å². The topological polar surface area (TPSA) is 118 Å². The standard InChI is InChI=1S/C24H25N3O5S/c1-17(2)23(26-33(31,32)21-14-12-20(13-15-21)27(29)30)24(28)25-22-11-7-6-10-19(22)16-18-8-4-3-5-9-18/h3-15,17,23,26H,16H2,1-2H3,(H,25,28). The first-order valence-corrected chi connectivity index (χ1v) is 11.8. The van der Waals surface area contributed by atoms with E-state index in [4.69, 9.17) is 0 Å². The number of anilines is 1. The van der Waals surface area contributed by atoms with Crippen LogP contribution in [0.2, 0.25) is 0 Å². The fourth-order valence-corrected chi connectivity index (χ4v) is 4.64. The summed E-state index contributed by atoms with van der Waals surface area (Å²) in [6, 6.07) is 20.6. The molecule has 3 rings (SSSR count). The molecular weight excluding hydrogens is 442 g/mol. The summed E-state index contributed by atoms with van der Waals surface area (Å²) in [7, 11) is -4.08. The Morgan fingerprint density at radius 1 is 0.939 bits per heavy atom. The van der Waals surface area contributed by atoms with Crippen molar-refractivity contribution in [2.75, 3.05) is 5.32 Å². The number of benzene rings is 3. The van der Waals surface area contributed by atoms with Gasteiger partial charge in [0.05, 0.1) is 9.82 Å². The highest BCUT2D eigenvalue weighted by atomic mass is 32.2. The van der Waals surface area contributed by atoms with Crippen LogP contribution in [0.1, 0.15) is 25.0 Å².